The van der Waals surface area contributed by atoms with Gasteiger partial charge in [-0.25, -0.2) is 8.78 Å². The highest BCUT2D eigenvalue weighted by Crippen LogP contribution is 2.71. The van der Waals surface area contributed by atoms with Crippen LogP contribution in [-0.4, -0.2) is 51.9 Å². The van der Waals surface area contributed by atoms with E-state index < -0.39 is 70.6 Å². The van der Waals surface area contributed by atoms with Crippen LogP contribution in [0.25, 0.3) is 0 Å². The molecular weight excluding hydrogens is 582 g/mol. The number of nitrogen functional groups attached to an aromatic ring is 1. The lowest BCUT2D eigenvalue weighted by Gasteiger charge is -2.63. The van der Waals surface area contributed by atoms with Gasteiger partial charge >= 0.3 is 0 Å². The van der Waals surface area contributed by atoms with Crippen LogP contribution in [0.5, 0.6) is 0 Å². The number of carbonyl (C=O) groups excluding carboxylic acids is 2. The molecule has 4 aliphatic carbocycles. The molecule has 0 spiro atoms. The van der Waals surface area contributed by atoms with Crippen LogP contribution in [0.15, 0.2) is 77.5 Å². The fraction of sp³-hybridized carbons (Fsp3) is 0.486. The van der Waals surface area contributed by atoms with E-state index in [0.717, 1.165) is 17.2 Å². The summed E-state index contributed by atoms with van der Waals surface area (Å²) in [6.45, 7) is 2.30. The van der Waals surface area contributed by atoms with Crippen LogP contribution in [0.4, 0.5) is 14.5 Å². The van der Waals surface area contributed by atoms with Gasteiger partial charge < -0.3 is 20.7 Å². The van der Waals surface area contributed by atoms with Gasteiger partial charge in [0.15, 0.2) is 17.2 Å². The number of Topliss-reactive ketones (excluding diaryl/α,β-unsaturated/α-hetero) is 1. The van der Waals surface area contributed by atoms with Gasteiger partial charge in [0.1, 0.15) is 18.4 Å². The molecule has 3 saturated carbocycles. The van der Waals surface area contributed by atoms with Crippen molar-refractivity contribution in [2.24, 2.45) is 27.8 Å². The van der Waals surface area contributed by atoms with Crippen molar-refractivity contribution in [1.29, 1.82) is 0 Å². The summed E-state index contributed by atoms with van der Waals surface area (Å²) >= 11 is 0. The van der Waals surface area contributed by atoms with Crippen LogP contribution in [0.2, 0.25) is 0 Å². The molecule has 0 aliphatic heterocycles. The molecule has 45 heavy (non-hydrogen) atoms. The molecule has 2 aromatic carbocycles. The van der Waals surface area contributed by atoms with Crippen molar-refractivity contribution in [1.82, 2.24) is 0 Å². The van der Waals surface area contributed by atoms with Crippen molar-refractivity contribution in [2.45, 2.75) is 75.7 Å². The van der Waals surface area contributed by atoms with E-state index in [2.05, 4.69) is 5.18 Å². The molecule has 3 fully saturated rings. The first-order valence-electron chi connectivity index (χ1n) is 15.4. The van der Waals surface area contributed by atoms with E-state index in [9.17, 15) is 24.7 Å². The Morgan fingerprint density at radius 2 is 1.76 bits per heavy atom. The van der Waals surface area contributed by atoms with Crippen LogP contribution < -0.4 is 5.73 Å². The number of ketones is 2. The highest BCUT2D eigenvalue weighted by molar-refractivity contribution is 6.01. The smallest absolute Gasteiger partial charge is 0.216 e. The van der Waals surface area contributed by atoms with Gasteiger partial charge in [0.25, 0.3) is 0 Å². The van der Waals surface area contributed by atoms with Gasteiger partial charge in [0, 0.05) is 28.0 Å². The van der Waals surface area contributed by atoms with Crippen molar-refractivity contribution in [2.75, 3.05) is 12.3 Å². The van der Waals surface area contributed by atoms with Crippen molar-refractivity contribution in [3.05, 3.63) is 93.9 Å². The molecule has 0 saturated heterocycles. The summed E-state index contributed by atoms with van der Waals surface area (Å²) in [6, 6.07) is 14.5. The molecule has 4 N–H and O–H groups in total. The Labute approximate surface area is 260 Å². The Hall–Kier alpha value is -3.60. The minimum atomic E-state index is -2.33. The van der Waals surface area contributed by atoms with Crippen LogP contribution in [0.1, 0.15) is 62.4 Å². The SMILES string of the molecule is C[C@]12C=CC(=O)C=C1[C@@H](F)C[C@H]1C3CC[C@](O[C@@H](N=O)c4ccc(Cc5ccc(N)cc5)cc4)(C(=O)CO)[C@@]3(C)C[C@H](O)[C@@]12F. The van der Waals surface area contributed by atoms with Crippen molar-refractivity contribution >= 4 is 17.3 Å². The minimum absolute atomic E-state index is 0.00779. The molecule has 10 heteroatoms. The molecule has 0 heterocycles. The molecule has 0 amide bonds. The summed E-state index contributed by atoms with van der Waals surface area (Å²) in [5, 5.41) is 25.0. The third-order valence-electron chi connectivity index (χ3n) is 11.4. The van der Waals surface area contributed by atoms with E-state index in [-0.39, 0.29) is 31.3 Å². The number of hydrogen-bond acceptors (Lipinski definition) is 8. The number of nitroso groups, excluding NO2 is 1. The zero-order valence-corrected chi connectivity index (χ0v) is 25.3. The topological polar surface area (TPSA) is 139 Å². The van der Waals surface area contributed by atoms with Crippen molar-refractivity contribution < 1.29 is 33.3 Å². The van der Waals surface area contributed by atoms with E-state index >= 15 is 8.78 Å². The summed E-state index contributed by atoms with van der Waals surface area (Å²) < 4.78 is 39.7. The predicted octanol–water partition coefficient (Wildman–Crippen LogP) is 5.26. The number of halogens is 2. The van der Waals surface area contributed by atoms with Gasteiger partial charge in [0.05, 0.1) is 6.10 Å². The number of hydrogen-bond donors (Lipinski definition) is 3. The third kappa shape index (κ3) is 4.55. The second-order valence-corrected chi connectivity index (χ2v) is 13.5. The molecular formula is C35H38F2N2O6. The van der Waals surface area contributed by atoms with E-state index in [0.29, 0.717) is 17.7 Å². The number of fused-ring (bicyclic) bond motifs is 5. The van der Waals surface area contributed by atoms with Crippen molar-refractivity contribution in [3.8, 4) is 0 Å². The molecule has 238 valence electrons. The highest BCUT2D eigenvalue weighted by Gasteiger charge is 2.76. The van der Waals surface area contributed by atoms with E-state index in [4.69, 9.17) is 10.5 Å². The largest absolute Gasteiger partial charge is 0.399 e. The monoisotopic (exact) mass is 620 g/mol. The second-order valence-electron chi connectivity index (χ2n) is 13.5. The molecule has 4 aliphatic rings. The average molecular weight is 621 g/mol. The Bertz CT molecular complexity index is 1580. The van der Waals surface area contributed by atoms with Gasteiger partial charge in [-0.2, -0.15) is 0 Å². The van der Waals surface area contributed by atoms with Gasteiger partial charge in [-0.05, 0) is 91.1 Å². The van der Waals surface area contributed by atoms with Gasteiger partial charge in [-0.1, -0.05) is 49.4 Å². The minimum Gasteiger partial charge on any atom is -0.399 e. The fourth-order valence-electron chi connectivity index (χ4n) is 9.05. The third-order valence-corrected chi connectivity index (χ3v) is 11.4. The first-order valence-corrected chi connectivity index (χ1v) is 15.4. The predicted molar refractivity (Wildman–Crippen MR) is 163 cm³/mol. The van der Waals surface area contributed by atoms with Gasteiger partial charge in [0.2, 0.25) is 6.23 Å². The van der Waals surface area contributed by atoms with E-state index in [1.54, 1.807) is 19.1 Å². The molecule has 1 unspecified atom stereocenters. The first kappa shape index (κ1) is 31.4. The molecule has 2 aromatic rings. The Kier molecular flexibility index (Phi) is 7.69. The summed E-state index contributed by atoms with van der Waals surface area (Å²) in [4.78, 5) is 38.0. The number of nitrogens with two attached hydrogens (primary N) is 1. The van der Waals surface area contributed by atoms with Crippen molar-refractivity contribution in [3.63, 3.8) is 0 Å². The number of ether oxygens (including phenoxy) is 1. The molecule has 9 atom stereocenters. The lowest BCUT2D eigenvalue weighted by Crippen LogP contribution is -2.70. The van der Waals surface area contributed by atoms with Crippen LogP contribution >= 0.6 is 0 Å². The molecule has 6 rings (SSSR count). The molecule has 0 bridgehead atoms. The molecule has 0 aromatic heterocycles. The van der Waals surface area contributed by atoms with Gasteiger partial charge in [-0.15, -0.1) is 4.91 Å². The number of rotatable bonds is 8. The number of aliphatic hydroxyl groups excluding tert-OH is 2. The average Bonchev–Trinajstić information content (AvgIpc) is 3.31. The zero-order valence-electron chi connectivity index (χ0n) is 25.3. The summed E-state index contributed by atoms with van der Waals surface area (Å²) in [5.74, 6) is -2.82. The number of anilines is 1. The Morgan fingerprint density at radius 3 is 2.38 bits per heavy atom. The summed E-state index contributed by atoms with van der Waals surface area (Å²) in [5.41, 5.74) is 1.87. The standard InChI is InChI=1S/C35H38F2N2O6/c1-32-13-11-24(41)16-27(32)28(36)17-26-25-12-14-34(30(43)19-40,33(25,2)18-29(42)35(26,32)37)45-31(39-44)22-7-3-20(4-8-22)15-21-5-9-23(38)10-6-21/h3-11,13,16,25-26,28-29,31,40,42H,12,14-15,17-19,38H2,1-2H3/t25?,26-,28-,29-,31+,32-,33-,34-,35-/m0/s1. The number of nitrogens with zero attached hydrogens (tertiary/aromatic N) is 1. The fourth-order valence-corrected chi connectivity index (χ4v) is 9.05. The maximum absolute atomic E-state index is 17.5. The lowest BCUT2D eigenvalue weighted by molar-refractivity contribution is -0.237. The number of carbonyl (C=O) groups is 2. The second kappa shape index (κ2) is 11.0. The maximum atomic E-state index is 17.5. The Balaban J connectivity index is 1.33. The van der Waals surface area contributed by atoms with Gasteiger partial charge in [-0.3, -0.25) is 9.59 Å². The quantitative estimate of drug-likeness (QED) is 0.270. The lowest BCUT2D eigenvalue weighted by atomic mass is 9.44. The van der Waals surface area contributed by atoms with Crippen LogP contribution in [-0.2, 0) is 20.7 Å². The number of allylic oxidation sites excluding steroid dienone is 4. The first-order chi connectivity index (χ1) is 21.3. The zero-order chi connectivity index (χ0) is 32.4. The number of aliphatic hydroxyl groups is 2. The van der Waals surface area contributed by atoms with Crippen LogP contribution in [0.3, 0.4) is 0 Å². The number of benzene rings is 2. The van der Waals surface area contributed by atoms with E-state index in [1.165, 1.54) is 19.1 Å². The summed E-state index contributed by atoms with van der Waals surface area (Å²) in [6.07, 6.45) is -0.688. The van der Waals surface area contributed by atoms with Crippen LogP contribution in [0, 0.1) is 27.6 Å². The highest BCUT2D eigenvalue weighted by atomic mass is 19.1. The normalized spacial score (nSPS) is 37.6. The van der Waals surface area contributed by atoms with E-state index in [1.807, 2.05) is 36.4 Å². The Morgan fingerprint density at radius 1 is 1.11 bits per heavy atom. The number of alkyl halides is 2. The molecule has 0 radical (unpaired) electrons. The maximum Gasteiger partial charge on any atom is 0.216 e. The molecule has 8 nitrogen and oxygen atoms in total. The summed E-state index contributed by atoms with van der Waals surface area (Å²) in [7, 11) is 0.